The normalized spacial score (nSPS) is 13.0. The summed E-state index contributed by atoms with van der Waals surface area (Å²) in [6, 6.07) is 5.98. The Morgan fingerprint density at radius 2 is 2.00 bits per heavy atom. The van der Waals surface area contributed by atoms with Crippen molar-refractivity contribution in [3.63, 3.8) is 0 Å². The quantitative estimate of drug-likeness (QED) is 0.787. The van der Waals surface area contributed by atoms with Crippen LogP contribution >= 0.6 is 27.5 Å². The van der Waals surface area contributed by atoms with Crippen LogP contribution in [-0.2, 0) is 0 Å². The van der Waals surface area contributed by atoms with Gasteiger partial charge >= 0.3 is 0 Å². The van der Waals surface area contributed by atoms with Gasteiger partial charge in [0.2, 0.25) is 0 Å². The molecule has 18 heavy (non-hydrogen) atoms. The predicted octanol–water partition coefficient (Wildman–Crippen LogP) is 4.13. The average Bonchev–Trinajstić information content (AvgIpc) is 2.38. The fourth-order valence-electron chi connectivity index (χ4n) is 1.99. The number of benzene rings is 1. The van der Waals surface area contributed by atoms with Gasteiger partial charge in [-0.05, 0) is 36.2 Å². The van der Waals surface area contributed by atoms with E-state index in [1.807, 2.05) is 18.2 Å². The van der Waals surface area contributed by atoms with Gasteiger partial charge in [0.05, 0.1) is 0 Å². The Hall–Kier alpha value is -0.0900. The molecule has 0 fully saturated rings. The number of nitrogens with two attached hydrogens (primary N) is 1. The predicted molar refractivity (Wildman–Crippen MR) is 83.0 cm³/mol. The zero-order valence-corrected chi connectivity index (χ0v) is 13.4. The molecule has 1 aromatic carbocycles. The molecule has 0 aliphatic rings. The number of hydrogen-bond donors (Lipinski definition) is 2. The molecule has 0 saturated carbocycles. The Kier molecular flexibility index (Phi) is 7.23. The summed E-state index contributed by atoms with van der Waals surface area (Å²) < 4.78 is 1.05. The molecule has 1 atom stereocenters. The van der Waals surface area contributed by atoms with E-state index in [9.17, 15) is 0 Å². The lowest BCUT2D eigenvalue weighted by atomic mass is 10.0. The molecule has 0 aliphatic carbocycles. The van der Waals surface area contributed by atoms with Gasteiger partial charge in [-0.2, -0.15) is 0 Å². The first-order chi connectivity index (χ1) is 8.62. The molecule has 0 heterocycles. The Balaban J connectivity index is 2.73. The van der Waals surface area contributed by atoms with Crippen molar-refractivity contribution < 1.29 is 0 Å². The highest BCUT2D eigenvalue weighted by Crippen LogP contribution is 2.26. The summed E-state index contributed by atoms with van der Waals surface area (Å²) in [6.07, 6.45) is 2.38. The maximum atomic E-state index is 6.05. The summed E-state index contributed by atoms with van der Waals surface area (Å²) in [5.41, 5.74) is 7.00. The van der Waals surface area contributed by atoms with E-state index in [-0.39, 0.29) is 6.04 Å². The molecule has 4 heteroatoms. The van der Waals surface area contributed by atoms with Crippen molar-refractivity contribution in [3.05, 3.63) is 33.3 Å². The van der Waals surface area contributed by atoms with E-state index in [1.165, 1.54) is 12.8 Å². The van der Waals surface area contributed by atoms with Crippen LogP contribution in [0.3, 0.4) is 0 Å². The van der Waals surface area contributed by atoms with Gasteiger partial charge in [0.15, 0.2) is 0 Å². The van der Waals surface area contributed by atoms with E-state index in [2.05, 4.69) is 35.1 Å². The second-order valence-electron chi connectivity index (χ2n) is 4.54. The minimum Gasteiger partial charge on any atom is -0.329 e. The Morgan fingerprint density at radius 1 is 1.33 bits per heavy atom. The summed E-state index contributed by atoms with van der Waals surface area (Å²) in [6.45, 7) is 6.01. The lowest BCUT2D eigenvalue weighted by Crippen LogP contribution is -2.32. The van der Waals surface area contributed by atoms with E-state index in [4.69, 9.17) is 17.3 Å². The molecule has 2 nitrogen and oxygen atoms in total. The fraction of sp³-hybridized carbons (Fsp3) is 0.571. The van der Waals surface area contributed by atoms with Crippen molar-refractivity contribution in [2.45, 2.75) is 32.7 Å². The van der Waals surface area contributed by atoms with Crippen LogP contribution in [0.1, 0.15) is 38.3 Å². The van der Waals surface area contributed by atoms with Gasteiger partial charge in [-0.15, -0.1) is 0 Å². The molecule has 0 radical (unpaired) electrons. The zero-order chi connectivity index (χ0) is 13.5. The molecule has 0 aliphatic heterocycles. The van der Waals surface area contributed by atoms with E-state index in [0.29, 0.717) is 12.5 Å². The summed E-state index contributed by atoms with van der Waals surface area (Å²) in [7, 11) is 0. The van der Waals surface area contributed by atoms with Gasteiger partial charge in [-0.25, -0.2) is 0 Å². The van der Waals surface area contributed by atoms with Crippen LogP contribution in [0.2, 0.25) is 5.02 Å². The largest absolute Gasteiger partial charge is 0.329 e. The highest BCUT2D eigenvalue weighted by Gasteiger charge is 2.14. The fourth-order valence-corrected chi connectivity index (χ4v) is 2.69. The molecule has 0 saturated heterocycles. The van der Waals surface area contributed by atoms with Gasteiger partial charge in [0, 0.05) is 22.1 Å². The van der Waals surface area contributed by atoms with E-state index >= 15 is 0 Å². The highest BCUT2D eigenvalue weighted by molar-refractivity contribution is 9.10. The van der Waals surface area contributed by atoms with Gasteiger partial charge in [-0.3, -0.25) is 0 Å². The third-order valence-corrected chi connectivity index (χ3v) is 4.33. The second-order valence-corrected chi connectivity index (χ2v) is 5.84. The van der Waals surface area contributed by atoms with Crippen molar-refractivity contribution in [2.24, 2.45) is 11.7 Å². The SMILES string of the molecule is CCC(CC)CNC(CN)c1cc(Cl)ccc1Br. The maximum absolute atomic E-state index is 6.05. The van der Waals surface area contributed by atoms with Crippen molar-refractivity contribution >= 4 is 27.5 Å². The minimum atomic E-state index is 0.152. The molecular formula is C14H22BrClN2. The van der Waals surface area contributed by atoms with Crippen molar-refractivity contribution in [1.82, 2.24) is 5.32 Å². The summed E-state index contributed by atoms with van der Waals surface area (Å²) in [4.78, 5) is 0. The Labute approximate surface area is 123 Å². The van der Waals surface area contributed by atoms with Gasteiger partial charge in [-0.1, -0.05) is 54.2 Å². The molecule has 3 N–H and O–H groups in total. The van der Waals surface area contributed by atoms with Crippen LogP contribution in [0.15, 0.2) is 22.7 Å². The zero-order valence-electron chi connectivity index (χ0n) is 11.0. The third kappa shape index (κ3) is 4.54. The monoisotopic (exact) mass is 332 g/mol. The van der Waals surface area contributed by atoms with Crippen LogP contribution in [0.4, 0.5) is 0 Å². The molecule has 0 amide bonds. The summed E-state index contributed by atoms with van der Waals surface area (Å²) in [5, 5.41) is 4.29. The molecule has 1 unspecified atom stereocenters. The van der Waals surface area contributed by atoms with Crippen LogP contribution in [0.25, 0.3) is 0 Å². The number of halogens is 2. The van der Waals surface area contributed by atoms with E-state index in [0.717, 1.165) is 21.6 Å². The Bertz CT molecular complexity index is 367. The maximum Gasteiger partial charge on any atom is 0.0456 e. The molecule has 1 rings (SSSR count). The summed E-state index contributed by atoms with van der Waals surface area (Å²) >= 11 is 9.60. The second kappa shape index (κ2) is 8.16. The highest BCUT2D eigenvalue weighted by atomic mass is 79.9. The first-order valence-corrected chi connectivity index (χ1v) is 7.67. The van der Waals surface area contributed by atoms with Crippen LogP contribution in [0.5, 0.6) is 0 Å². The van der Waals surface area contributed by atoms with Gasteiger partial charge in [0.1, 0.15) is 0 Å². The topological polar surface area (TPSA) is 38.0 Å². The standard InChI is InChI=1S/C14H22BrClN2/c1-3-10(4-2)9-18-14(8-17)12-7-11(16)5-6-13(12)15/h5-7,10,14,18H,3-4,8-9,17H2,1-2H3. The minimum absolute atomic E-state index is 0.152. The average molecular weight is 334 g/mol. The van der Waals surface area contributed by atoms with Gasteiger partial charge < -0.3 is 11.1 Å². The van der Waals surface area contributed by atoms with Crippen molar-refractivity contribution in [3.8, 4) is 0 Å². The number of hydrogen-bond acceptors (Lipinski definition) is 2. The number of nitrogens with one attached hydrogen (secondary N) is 1. The number of rotatable bonds is 7. The van der Waals surface area contributed by atoms with Crippen molar-refractivity contribution in [2.75, 3.05) is 13.1 Å². The molecule has 1 aromatic rings. The van der Waals surface area contributed by atoms with Crippen molar-refractivity contribution in [1.29, 1.82) is 0 Å². The van der Waals surface area contributed by atoms with Crippen LogP contribution in [-0.4, -0.2) is 13.1 Å². The molecule has 0 bridgehead atoms. The molecule has 102 valence electrons. The van der Waals surface area contributed by atoms with Gasteiger partial charge in [0.25, 0.3) is 0 Å². The smallest absolute Gasteiger partial charge is 0.0456 e. The Morgan fingerprint density at radius 3 is 2.56 bits per heavy atom. The molecule has 0 spiro atoms. The van der Waals surface area contributed by atoms with E-state index < -0.39 is 0 Å². The first kappa shape index (κ1) is 16.0. The molecular weight excluding hydrogens is 312 g/mol. The lowest BCUT2D eigenvalue weighted by Gasteiger charge is -2.22. The lowest BCUT2D eigenvalue weighted by molar-refractivity contribution is 0.413. The van der Waals surface area contributed by atoms with Crippen LogP contribution in [0, 0.1) is 5.92 Å². The van der Waals surface area contributed by atoms with E-state index in [1.54, 1.807) is 0 Å². The van der Waals surface area contributed by atoms with Crippen LogP contribution < -0.4 is 11.1 Å². The molecule has 0 aromatic heterocycles. The third-order valence-electron chi connectivity index (χ3n) is 3.38. The summed E-state index contributed by atoms with van der Waals surface area (Å²) in [5.74, 6) is 0.706. The first-order valence-electron chi connectivity index (χ1n) is 6.50.